The number of imidazole rings is 1. The predicted molar refractivity (Wildman–Crippen MR) is 115 cm³/mol. The number of fused-ring (bicyclic) bond motifs is 1. The Kier molecular flexibility index (Phi) is 5.79. The van der Waals surface area contributed by atoms with Crippen molar-refractivity contribution < 1.29 is 4.79 Å². The van der Waals surface area contributed by atoms with Gasteiger partial charge >= 0.3 is 0 Å². The number of para-hydroxylation sites is 2. The molecule has 4 rings (SSSR count). The third-order valence-electron chi connectivity index (χ3n) is 4.62. The van der Waals surface area contributed by atoms with Crippen LogP contribution in [0.15, 0.2) is 67.0 Å². The van der Waals surface area contributed by atoms with Gasteiger partial charge in [0.05, 0.1) is 21.1 Å². The predicted octanol–water partition coefficient (Wildman–Crippen LogP) is 4.65. The number of nitrogens with zero attached hydrogens (tertiary/aromatic N) is 3. The van der Waals surface area contributed by atoms with Gasteiger partial charge in [-0.15, -0.1) is 0 Å². The average molecular weight is 425 g/mol. The summed E-state index contributed by atoms with van der Waals surface area (Å²) in [5.41, 5.74) is 3.75. The number of carbonyl (C=O) groups is 1. The van der Waals surface area contributed by atoms with Crippen molar-refractivity contribution in [1.29, 1.82) is 0 Å². The lowest BCUT2D eigenvalue weighted by molar-refractivity contribution is -0.121. The molecule has 0 radical (unpaired) electrons. The molecule has 0 bridgehead atoms. The molecular weight excluding hydrogens is 407 g/mol. The van der Waals surface area contributed by atoms with E-state index in [1.54, 1.807) is 18.5 Å². The molecule has 0 atom stereocenters. The summed E-state index contributed by atoms with van der Waals surface area (Å²) in [4.78, 5) is 21.3. The lowest BCUT2D eigenvalue weighted by atomic mass is 10.1. The van der Waals surface area contributed by atoms with E-state index in [1.165, 1.54) is 0 Å². The van der Waals surface area contributed by atoms with E-state index < -0.39 is 0 Å². The first-order valence-corrected chi connectivity index (χ1v) is 9.89. The Morgan fingerprint density at radius 1 is 0.966 bits per heavy atom. The lowest BCUT2D eigenvalue weighted by Gasteiger charge is -2.11. The molecule has 0 aliphatic rings. The first-order chi connectivity index (χ1) is 14.1. The molecule has 0 saturated carbocycles. The summed E-state index contributed by atoms with van der Waals surface area (Å²) in [6.07, 6.45) is 3.96. The molecule has 0 aliphatic carbocycles. The van der Waals surface area contributed by atoms with Gasteiger partial charge in [0.2, 0.25) is 5.91 Å². The molecule has 1 N–H and O–H groups in total. The Balaban J connectivity index is 1.57. The van der Waals surface area contributed by atoms with Crippen LogP contribution in [0.1, 0.15) is 17.0 Å². The smallest absolute Gasteiger partial charge is 0.240 e. The van der Waals surface area contributed by atoms with Gasteiger partial charge in [-0.05, 0) is 47.5 Å². The average Bonchev–Trinajstić information content (AvgIpc) is 3.07. The lowest BCUT2D eigenvalue weighted by Crippen LogP contribution is -2.27. The summed E-state index contributed by atoms with van der Waals surface area (Å²) in [5, 5.41) is 3.97. The van der Waals surface area contributed by atoms with Gasteiger partial charge in [-0.1, -0.05) is 41.4 Å². The van der Waals surface area contributed by atoms with Crippen LogP contribution in [-0.2, 0) is 24.3 Å². The van der Waals surface area contributed by atoms with Gasteiger partial charge in [0.15, 0.2) is 0 Å². The number of hydrogen-bond donors (Lipinski definition) is 1. The maximum Gasteiger partial charge on any atom is 0.240 e. The van der Waals surface area contributed by atoms with Crippen molar-refractivity contribution in [2.45, 2.75) is 19.5 Å². The minimum absolute atomic E-state index is 0.0830. The van der Waals surface area contributed by atoms with Crippen LogP contribution in [0.3, 0.4) is 0 Å². The van der Waals surface area contributed by atoms with Crippen LogP contribution in [0.5, 0.6) is 0 Å². The van der Waals surface area contributed by atoms with Crippen molar-refractivity contribution in [3.63, 3.8) is 0 Å². The second kappa shape index (κ2) is 8.64. The molecule has 7 heteroatoms. The number of amides is 1. The van der Waals surface area contributed by atoms with Crippen molar-refractivity contribution in [2.24, 2.45) is 0 Å². The molecule has 0 saturated heterocycles. The molecule has 0 aliphatic heterocycles. The zero-order chi connectivity index (χ0) is 20.2. The first kappa shape index (κ1) is 19.4. The third kappa shape index (κ3) is 4.58. The SMILES string of the molecule is O=C(Cn1c(Cc2ccc(Cl)c(Cl)c2)nc2ccccc21)NCc1ccncc1. The molecule has 0 unspecified atom stereocenters. The number of carbonyl (C=O) groups excluding carboxylic acids is 1. The minimum atomic E-state index is -0.0830. The Morgan fingerprint density at radius 3 is 2.55 bits per heavy atom. The minimum Gasteiger partial charge on any atom is -0.350 e. The maximum atomic E-state index is 12.6. The number of aromatic nitrogens is 3. The molecule has 2 heterocycles. The van der Waals surface area contributed by atoms with E-state index in [4.69, 9.17) is 28.2 Å². The fourth-order valence-corrected chi connectivity index (χ4v) is 3.49. The molecule has 0 spiro atoms. The third-order valence-corrected chi connectivity index (χ3v) is 5.36. The topological polar surface area (TPSA) is 59.8 Å². The number of pyridine rings is 1. The highest BCUT2D eigenvalue weighted by atomic mass is 35.5. The van der Waals surface area contributed by atoms with Crippen LogP contribution in [0.4, 0.5) is 0 Å². The summed E-state index contributed by atoms with van der Waals surface area (Å²) in [7, 11) is 0. The highest BCUT2D eigenvalue weighted by molar-refractivity contribution is 6.42. The van der Waals surface area contributed by atoms with Gasteiger partial charge in [-0.3, -0.25) is 9.78 Å². The Labute approximate surface area is 178 Å². The van der Waals surface area contributed by atoms with Crippen LogP contribution < -0.4 is 5.32 Å². The number of benzene rings is 2. The van der Waals surface area contributed by atoms with Gasteiger partial charge < -0.3 is 9.88 Å². The van der Waals surface area contributed by atoms with E-state index in [2.05, 4.69) is 10.3 Å². The van der Waals surface area contributed by atoms with Crippen LogP contribution >= 0.6 is 23.2 Å². The van der Waals surface area contributed by atoms with E-state index in [9.17, 15) is 4.79 Å². The van der Waals surface area contributed by atoms with E-state index in [-0.39, 0.29) is 12.5 Å². The summed E-state index contributed by atoms with van der Waals surface area (Å²) < 4.78 is 1.94. The molecule has 0 fully saturated rings. The molecule has 29 heavy (non-hydrogen) atoms. The molecular formula is C22H18Cl2N4O. The highest BCUT2D eigenvalue weighted by Crippen LogP contribution is 2.25. The Morgan fingerprint density at radius 2 is 1.76 bits per heavy atom. The molecule has 4 aromatic rings. The van der Waals surface area contributed by atoms with E-state index in [1.807, 2.05) is 53.1 Å². The number of rotatable bonds is 6. The quantitative estimate of drug-likeness (QED) is 0.490. The standard InChI is InChI=1S/C22H18Cl2N4O/c23-17-6-5-16(11-18(17)24)12-21-27-19-3-1-2-4-20(19)28(21)14-22(29)26-13-15-7-9-25-10-8-15/h1-11H,12-14H2,(H,26,29). The summed E-state index contributed by atoms with van der Waals surface area (Å²) >= 11 is 12.2. The maximum absolute atomic E-state index is 12.6. The Hall–Kier alpha value is -2.89. The second-order valence-corrected chi connectivity index (χ2v) is 7.47. The Bertz CT molecular complexity index is 1160. The van der Waals surface area contributed by atoms with Gasteiger partial charge in [0.25, 0.3) is 0 Å². The summed E-state index contributed by atoms with van der Waals surface area (Å²) in [6.45, 7) is 0.637. The van der Waals surface area contributed by atoms with Crippen molar-refractivity contribution in [2.75, 3.05) is 0 Å². The zero-order valence-electron chi connectivity index (χ0n) is 15.5. The molecule has 2 aromatic carbocycles. The van der Waals surface area contributed by atoms with Crippen molar-refractivity contribution in [3.8, 4) is 0 Å². The fourth-order valence-electron chi connectivity index (χ4n) is 3.17. The second-order valence-electron chi connectivity index (χ2n) is 6.66. The van der Waals surface area contributed by atoms with Crippen LogP contribution in [0.2, 0.25) is 10.0 Å². The van der Waals surface area contributed by atoms with E-state index in [0.717, 1.165) is 28.0 Å². The molecule has 5 nitrogen and oxygen atoms in total. The summed E-state index contributed by atoms with van der Waals surface area (Å²) in [6, 6.07) is 17.1. The van der Waals surface area contributed by atoms with Gasteiger partial charge in [0, 0.05) is 25.4 Å². The normalized spacial score (nSPS) is 11.0. The number of halogens is 2. The first-order valence-electron chi connectivity index (χ1n) is 9.14. The van der Waals surface area contributed by atoms with Crippen molar-refractivity contribution in [3.05, 3.63) is 94.0 Å². The molecule has 146 valence electrons. The molecule has 1 amide bonds. The van der Waals surface area contributed by atoms with Gasteiger partial charge in [-0.2, -0.15) is 0 Å². The molecule has 2 aromatic heterocycles. The van der Waals surface area contributed by atoms with Crippen molar-refractivity contribution >= 4 is 40.1 Å². The van der Waals surface area contributed by atoms with Crippen LogP contribution in [0, 0.1) is 0 Å². The number of nitrogens with one attached hydrogen (secondary N) is 1. The number of hydrogen-bond acceptors (Lipinski definition) is 3. The van der Waals surface area contributed by atoms with Crippen LogP contribution in [-0.4, -0.2) is 20.4 Å². The highest BCUT2D eigenvalue weighted by Gasteiger charge is 2.14. The van der Waals surface area contributed by atoms with Gasteiger partial charge in [-0.25, -0.2) is 4.98 Å². The fraction of sp³-hybridized carbons (Fsp3) is 0.136. The summed E-state index contributed by atoms with van der Waals surface area (Å²) in [5.74, 6) is 0.712. The monoisotopic (exact) mass is 424 g/mol. The van der Waals surface area contributed by atoms with Gasteiger partial charge in [0.1, 0.15) is 12.4 Å². The van der Waals surface area contributed by atoms with Crippen molar-refractivity contribution in [1.82, 2.24) is 19.9 Å². The van der Waals surface area contributed by atoms with E-state index >= 15 is 0 Å². The zero-order valence-corrected chi connectivity index (χ0v) is 17.0. The van der Waals surface area contributed by atoms with Crippen LogP contribution in [0.25, 0.3) is 11.0 Å². The van der Waals surface area contributed by atoms with E-state index in [0.29, 0.717) is 23.0 Å². The largest absolute Gasteiger partial charge is 0.350 e.